The van der Waals surface area contributed by atoms with Crippen molar-refractivity contribution < 1.29 is 4.52 Å². The quantitative estimate of drug-likeness (QED) is 0.848. The molecule has 1 aromatic rings. The van der Waals surface area contributed by atoms with Crippen LogP contribution in [-0.2, 0) is 6.54 Å². The van der Waals surface area contributed by atoms with Gasteiger partial charge in [-0.05, 0) is 32.1 Å². The van der Waals surface area contributed by atoms with Gasteiger partial charge in [0.1, 0.15) is 0 Å². The number of thioether (sulfide) groups is 1. The lowest BCUT2D eigenvalue weighted by Gasteiger charge is -2.21. The molecule has 0 aromatic carbocycles. The minimum absolute atomic E-state index is 0.540. The van der Waals surface area contributed by atoms with E-state index in [2.05, 4.69) is 22.1 Å². The summed E-state index contributed by atoms with van der Waals surface area (Å²) in [4.78, 5) is 6.98. The number of hydrogen-bond donors (Lipinski definition) is 0. The minimum Gasteiger partial charge on any atom is -0.338 e. The molecule has 2 aliphatic rings. The number of aromatic nitrogens is 2. The molecule has 0 bridgehead atoms. The molecule has 0 unspecified atom stereocenters. The Kier molecular flexibility index (Phi) is 4.43. The maximum absolute atomic E-state index is 5.44. The highest BCUT2D eigenvalue weighted by Crippen LogP contribution is 2.31. The molecular weight excluding hydrogens is 258 g/mol. The van der Waals surface area contributed by atoms with Gasteiger partial charge in [0.05, 0.1) is 6.54 Å². The predicted octanol–water partition coefficient (Wildman–Crippen LogP) is 3.05. The highest BCUT2D eigenvalue weighted by atomic mass is 32.2. The number of hydrogen-bond acceptors (Lipinski definition) is 5. The summed E-state index contributed by atoms with van der Waals surface area (Å²) in [6.45, 7) is 0.797. The van der Waals surface area contributed by atoms with Crippen LogP contribution in [0.25, 0.3) is 0 Å². The van der Waals surface area contributed by atoms with Gasteiger partial charge in [-0.15, -0.1) is 0 Å². The van der Waals surface area contributed by atoms with Crippen LogP contribution in [0, 0.1) is 0 Å². The van der Waals surface area contributed by atoms with E-state index in [0.717, 1.165) is 18.3 Å². The molecule has 1 saturated heterocycles. The lowest BCUT2D eigenvalue weighted by molar-refractivity contribution is 0.218. The third-order valence-electron chi connectivity index (χ3n) is 4.37. The van der Waals surface area contributed by atoms with Gasteiger partial charge in [-0.1, -0.05) is 24.4 Å². The molecule has 0 radical (unpaired) electrons. The lowest BCUT2D eigenvalue weighted by Crippen LogP contribution is -2.31. The van der Waals surface area contributed by atoms with Crippen LogP contribution in [0.15, 0.2) is 4.52 Å². The molecule has 0 N–H and O–H groups in total. The molecule has 19 heavy (non-hydrogen) atoms. The van der Waals surface area contributed by atoms with Gasteiger partial charge in [0.2, 0.25) is 5.89 Å². The Morgan fingerprint density at radius 3 is 2.84 bits per heavy atom. The number of nitrogens with zero attached hydrogens (tertiary/aromatic N) is 3. The van der Waals surface area contributed by atoms with Crippen molar-refractivity contribution in [3.63, 3.8) is 0 Å². The highest BCUT2D eigenvalue weighted by molar-refractivity contribution is 7.99. The van der Waals surface area contributed by atoms with Crippen LogP contribution in [0.1, 0.15) is 56.2 Å². The van der Waals surface area contributed by atoms with Crippen molar-refractivity contribution in [1.82, 2.24) is 15.0 Å². The monoisotopic (exact) mass is 281 g/mol. The van der Waals surface area contributed by atoms with Crippen LogP contribution in [-0.4, -0.2) is 39.6 Å². The molecule has 0 amide bonds. The molecule has 1 aliphatic carbocycles. The smallest absolute Gasteiger partial charge is 0.240 e. The van der Waals surface area contributed by atoms with Gasteiger partial charge in [-0.25, -0.2) is 0 Å². The highest BCUT2D eigenvalue weighted by Gasteiger charge is 2.24. The van der Waals surface area contributed by atoms with E-state index >= 15 is 0 Å². The van der Waals surface area contributed by atoms with Crippen LogP contribution in [0.2, 0.25) is 0 Å². The molecule has 1 aromatic heterocycles. The molecule has 1 aliphatic heterocycles. The fourth-order valence-corrected chi connectivity index (χ4v) is 4.37. The van der Waals surface area contributed by atoms with E-state index in [0.29, 0.717) is 12.0 Å². The van der Waals surface area contributed by atoms with Crippen LogP contribution >= 0.6 is 11.8 Å². The number of rotatable bonds is 4. The zero-order valence-electron chi connectivity index (χ0n) is 11.7. The van der Waals surface area contributed by atoms with Crippen molar-refractivity contribution in [2.45, 2.75) is 57.0 Å². The van der Waals surface area contributed by atoms with Gasteiger partial charge in [-0.3, -0.25) is 4.90 Å². The molecular formula is C14H23N3OS. The SMILES string of the molecule is CN(Cc1nc(C2CCCCC2)no1)[C@@H]1CCSC1. The summed E-state index contributed by atoms with van der Waals surface area (Å²) in [6, 6.07) is 0.676. The summed E-state index contributed by atoms with van der Waals surface area (Å²) in [5.74, 6) is 4.80. The van der Waals surface area contributed by atoms with Crippen LogP contribution < -0.4 is 0 Å². The van der Waals surface area contributed by atoms with E-state index in [-0.39, 0.29) is 0 Å². The summed E-state index contributed by atoms with van der Waals surface area (Å²) >= 11 is 2.04. The average Bonchev–Trinajstić information content (AvgIpc) is 3.11. The van der Waals surface area contributed by atoms with Crippen molar-refractivity contribution in [3.05, 3.63) is 11.7 Å². The lowest BCUT2D eigenvalue weighted by atomic mass is 9.89. The van der Waals surface area contributed by atoms with Crippen molar-refractivity contribution in [2.24, 2.45) is 0 Å². The van der Waals surface area contributed by atoms with Crippen LogP contribution in [0.4, 0.5) is 0 Å². The van der Waals surface area contributed by atoms with Crippen molar-refractivity contribution in [2.75, 3.05) is 18.6 Å². The maximum atomic E-state index is 5.44. The fourth-order valence-electron chi connectivity index (χ4n) is 3.07. The van der Waals surface area contributed by atoms with Gasteiger partial charge in [0, 0.05) is 17.7 Å². The average molecular weight is 281 g/mol. The third kappa shape index (κ3) is 3.31. The molecule has 0 spiro atoms. The summed E-state index contributed by atoms with van der Waals surface area (Å²) in [5.41, 5.74) is 0. The van der Waals surface area contributed by atoms with E-state index in [4.69, 9.17) is 4.52 Å². The van der Waals surface area contributed by atoms with Gasteiger partial charge < -0.3 is 4.52 Å². The minimum atomic E-state index is 0.540. The Bertz CT molecular complexity index is 397. The van der Waals surface area contributed by atoms with Gasteiger partial charge in [0.15, 0.2) is 5.82 Å². The first-order valence-electron chi connectivity index (χ1n) is 7.43. The van der Waals surface area contributed by atoms with E-state index in [9.17, 15) is 0 Å². The second-order valence-electron chi connectivity index (χ2n) is 5.81. The first-order chi connectivity index (χ1) is 9.33. The molecule has 1 atom stereocenters. The zero-order chi connectivity index (χ0) is 13.1. The summed E-state index contributed by atoms with van der Waals surface area (Å²) in [5, 5.41) is 4.20. The van der Waals surface area contributed by atoms with E-state index < -0.39 is 0 Å². The maximum Gasteiger partial charge on any atom is 0.240 e. The second kappa shape index (κ2) is 6.27. The van der Waals surface area contributed by atoms with Gasteiger partial charge in [0.25, 0.3) is 0 Å². The van der Waals surface area contributed by atoms with Crippen LogP contribution in [0.3, 0.4) is 0 Å². The molecule has 2 fully saturated rings. The molecule has 2 heterocycles. The molecule has 4 nitrogen and oxygen atoms in total. The Morgan fingerprint density at radius 2 is 2.11 bits per heavy atom. The zero-order valence-corrected chi connectivity index (χ0v) is 12.5. The Labute approximate surface area is 119 Å². The normalized spacial score (nSPS) is 25.3. The first-order valence-corrected chi connectivity index (χ1v) is 8.59. The Morgan fingerprint density at radius 1 is 1.26 bits per heavy atom. The first kappa shape index (κ1) is 13.4. The topological polar surface area (TPSA) is 42.2 Å². The van der Waals surface area contributed by atoms with E-state index in [1.807, 2.05) is 11.8 Å². The standard InChI is InChI=1S/C14H23N3OS/c1-17(12-7-8-19-10-12)9-13-15-14(16-18-13)11-5-3-2-4-6-11/h11-12H,2-10H2,1H3/t12-/m1/s1. The fraction of sp³-hybridized carbons (Fsp3) is 0.857. The van der Waals surface area contributed by atoms with E-state index in [1.54, 1.807) is 0 Å². The summed E-state index contributed by atoms with van der Waals surface area (Å²) < 4.78 is 5.44. The summed E-state index contributed by atoms with van der Waals surface area (Å²) in [6.07, 6.45) is 7.73. The summed E-state index contributed by atoms with van der Waals surface area (Å²) in [7, 11) is 2.17. The van der Waals surface area contributed by atoms with Crippen LogP contribution in [0.5, 0.6) is 0 Å². The van der Waals surface area contributed by atoms with Crippen molar-refractivity contribution in [3.8, 4) is 0 Å². The predicted molar refractivity (Wildman–Crippen MR) is 77.3 cm³/mol. The molecule has 5 heteroatoms. The Hall–Kier alpha value is -0.550. The van der Waals surface area contributed by atoms with Crippen molar-refractivity contribution in [1.29, 1.82) is 0 Å². The van der Waals surface area contributed by atoms with Gasteiger partial charge in [-0.2, -0.15) is 16.7 Å². The molecule has 106 valence electrons. The largest absolute Gasteiger partial charge is 0.338 e. The Balaban J connectivity index is 1.57. The molecule has 3 rings (SSSR count). The van der Waals surface area contributed by atoms with Gasteiger partial charge >= 0.3 is 0 Å². The van der Waals surface area contributed by atoms with E-state index in [1.165, 1.54) is 50.0 Å². The van der Waals surface area contributed by atoms with Crippen molar-refractivity contribution >= 4 is 11.8 Å². The molecule has 1 saturated carbocycles. The second-order valence-corrected chi connectivity index (χ2v) is 6.96. The third-order valence-corrected chi connectivity index (χ3v) is 5.51.